The molecular weight excluding hydrogens is 334 g/mol. The van der Waals surface area contributed by atoms with Crippen molar-refractivity contribution in [2.75, 3.05) is 13.1 Å². The number of nitrogens with zero attached hydrogens (tertiary/aromatic N) is 3. The van der Waals surface area contributed by atoms with Crippen LogP contribution in [-0.2, 0) is 15.4 Å². The summed E-state index contributed by atoms with van der Waals surface area (Å²) >= 11 is 1.26. The maximum absolute atomic E-state index is 12.8. The van der Waals surface area contributed by atoms with Gasteiger partial charge in [-0.3, -0.25) is 0 Å². The van der Waals surface area contributed by atoms with Crippen LogP contribution in [0.2, 0.25) is 0 Å². The molecule has 6 nitrogen and oxygen atoms in total. The van der Waals surface area contributed by atoms with E-state index >= 15 is 0 Å². The maximum atomic E-state index is 12.8. The molecule has 2 aliphatic rings. The van der Waals surface area contributed by atoms with Crippen LogP contribution in [0.15, 0.2) is 26.2 Å². The Balaban J connectivity index is 1.60. The molecule has 124 valence electrons. The molecular formula is C15H19N3O3S2. The second-order valence-corrected chi connectivity index (χ2v) is 9.78. The maximum Gasteiger partial charge on any atom is 0.252 e. The highest BCUT2D eigenvalue weighted by atomic mass is 32.2. The van der Waals surface area contributed by atoms with E-state index in [1.54, 1.807) is 21.8 Å². The Morgan fingerprint density at radius 3 is 2.96 bits per heavy atom. The number of hydrogen-bond acceptors (Lipinski definition) is 6. The molecule has 0 N–H and O–H groups in total. The molecule has 1 saturated carbocycles. The molecule has 3 heterocycles. The zero-order valence-electron chi connectivity index (χ0n) is 12.9. The van der Waals surface area contributed by atoms with Crippen LogP contribution in [0.25, 0.3) is 0 Å². The standard InChI is InChI=1S/C15H19N3O3S2/c1-15(14-16-13(21-17-14)11-5-6-11)7-3-8-18(10-15)23(19,20)12-4-2-9-22-12/h2,4,9,11H,3,5-8,10H2,1H3. The average molecular weight is 353 g/mol. The van der Waals surface area contributed by atoms with Crippen molar-refractivity contribution in [3.8, 4) is 0 Å². The van der Waals surface area contributed by atoms with Crippen LogP contribution in [0, 0.1) is 0 Å². The number of sulfonamides is 1. The van der Waals surface area contributed by atoms with E-state index in [-0.39, 0.29) is 5.41 Å². The first-order chi connectivity index (χ1) is 11.0. The van der Waals surface area contributed by atoms with Crippen LogP contribution in [0.4, 0.5) is 0 Å². The summed E-state index contributed by atoms with van der Waals surface area (Å²) in [5, 5.41) is 5.94. The van der Waals surface area contributed by atoms with E-state index in [1.807, 2.05) is 6.92 Å². The first-order valence-electron chi connectivity index (χ1n) is 7.87. The number of aromatic nitrogens is 2. The van der Waals surface area contributed by atoms with Crippen LogP contribution in [-0.4, -0.2) is 36.0 Å². The quantitative estimate of drug-likeness (QED) is 0.845. The van der Waals surface area contributed by atoms with Crippen LogP contribution in [0.5, 0.6) is 0 Å². The number of hydrogen-bond donors (Lipinski definition) is 0. The predicted octanol–water partition coefficient (Wildman–Crippen LogP) is 2.75. The highest BCUT2D eigenvalue weighted by Gasteiger charge is 2.42. The Kier molecular flexibility index (Phi) is 3.58. The molecule has 0 amide bonds. The van der Waals surface area contributed by atoms with E-state index in [4.69, 9.17) is 4.52 Å². The Morgan fingerprint density at radius 2 is 2.26 bits per heavy atom. The minimum absolute atomic E-state index is 0.390. The second-order valence-electron chi connectivity index (χ2n) is 6.67. The fourth-order valence-electron chi connectivity index (χ4n) is 3.09. The lowest BCUT2D eigenvalue weighted by Gasteiger charge is -2.37. The monoisotopic (exact) mass is 353 g/mol. The van der Waals surface area contributed by atoms with Gasteiger partial charge in [-0.2, -0.15) is 9.29 Å². The molecule has 1 aliphatic carbocycles. The molecule has 1 atom stereocenters. The van der Waals surface area contributed by atoms with Gasteiger partial charge in [0.25, 0.3) is 10.0 Å². The van der Waals surface area contributed by atoms with Crippen molar-refractivity contribution in [1.82, 2.24) is 14.4 Å². The Labute approximate surface area is 139 Å². The van der Waals surface area contributed by atoms with Crippen LogP contribution < -0.4 is 0 Å². The smallest absolute Gasteiger partial charge is 0.252 e. The lowest BCUT2D eigenvalue weighted by atomic mass is 9.82. The van der Waals surface area contributed by atoms with Crippen LogP contribution in [0.3, 0.4) is 0 Å². The number of thiophene rings is 1. The molecule has 2 aromatic heterocycles. The van der Waals surface area contributed by atoms with E-state index in [0.717, 1.165) is 25.7 Å². The summed E-state index contributed by atoms with van der Waals surface area (Å²) in [6.45, 7) is 2.98. The van der Waals surface area contributed by atoms with Gasteiger partial charge in [-0.05, 0) is 37.1 Å². The van der Waals surface area contributed by atoms with Gasteiger partial charge in [0.1, 0.15) is 4.21 Å². The second kappa shape index (κ2) is 5.39. The number of piperidine rings is 1. The molecule has 4 rings (SSSR count). The van der Waals surface area contributed by atoms with Gasteiger partial charge in [0.15, 0.2) is 5.82 Å². The van der Waals surface area contributed by atoms with Gasteiger partial charge in [0.05, 0.1) is 0 Å². The van der Waals surface area contributed by atoms with Crippen molar-refractivity contribution in [2.24, 2.45) is 0 Å². The van der Waals surface area contributed by atoms with Gasteiger partial charge >= 0.3 is 0 Å². The third kappa shape index (κ3) is 2.72. The molecule has 0 spiro atoms. The van der Waals surface area contributed by atoms with E-state index in [2.05, 4.69) is 10.1 Å². The zero-order valence-corrected chi connectivity index (χ0v) is 14.6. The van der Waals surface area contributed by atoms with Crippen LogP contribution >= 0.6 is 11.3 Å². The first-order valence-corrected chi connectivity index (χ1v) is 10.2. The molecule has 8 heteroatoms. The van der Waals surface area contributed by atoms with Crippen molar-refractivity contribution in [3.63, 3.8) is 0 Å². The first kappa shape index (κ1) is 15.3. The van der Waals surface area contributed by atoms with Crippen molar-refractivity contribution < 1.29 is 12.9 Å². The Bertz CT molecular complexity index is 796. The minimum Gasteiger partial charge on any atom is -0.339 e. The lowest BCUT2D eigenvalue weighted by Crippen LogP contribution is -2.47. The van der Waals surface area contributed by atoms with E-state index in [1.165, 1.54) is 11.3 Å². The third-order valence-corrected chi connectivity index (χ3v) is 7.88. The minimum atomic E-state index is -3.43. The molecule has 23 heavy (non-hydrogen) atoms. The van der Waals surface area contributed by atoms with Gasteiger partial charge in [0, 0.05) is 24.4 Å². The van der Waals surface area contributed by atoms with Crippen molar-refractivity contribution in [3.05, 3.63) is 29.2 Å². The van der Waals surface area contributed by atoms with Crippen molar-refractivity contribution in [2.45, 2.75) is 48.1 Å². The molecule has 2 fully saturated rings. The van der Waals surface area contributed by atoms with Gasteiger partial charge in [-0.1, -0.05) is 18.1 Å². The fourth-order valence-corrected chi connectivity index (χ4v) is 5.84. The van der Waals surface area contributed by atoms with Gasteiger partial charge in [-0.15, -0.1) is 11.3 Å². The summed E-state index contributed by atoms with van der Waals surface area (Å²) in [6, 6.07) is 3.42. The van der Waals surface area contributed by atoms with Crippen molar-refractivity contribution >= 4 is 21.4 Å². The SMILES string of the molecule is CC1(c2noc(C3CC3)n2)CCCN(S(=O)(=O)c2cccs2)C1. The summed E-state index contributed by atoms with van der Waals surface area (Å²) in [6.07, 6.45) is 3.88. The summed E-state index contributed by atoms with van der Waals surface area (Å²) in [5.41, 5.74) is -0.390. The summed E-state index contributed by atoms with van der Waals surface area (Å²) in [7, 11) is -3.43. The Hall–Kier alpha value is -1.25. The predicted molar refractivity (Wildman–Crippen MR) is 85.9 cm³/mol. The molecule has 1 saturated heterocycles. The van der Waals surface area contributed by atoms with Gasteiger partial charge < -0.3 is 4.52 Å². The molecule has 0 aromatic carbocycles. The molecule has 0 bridgehead atoms. The topological polar surface area (TPSA) is 76.3 Å². The van der Waals surface area contributed by atoms with Gasteiger partial charge in [-0.25, -0.2) is 8.42 Å². The molecule has 1 aliphatic heterocycles. The van der Waals surface area contributed by atoms with E-state index in [9.17, 15) is 8.42 Å². The van der Waals surface area contributed by atoms with Crippen LogP contribution in [0.1, 0.15) is 50.2 Å². The largest absolute Gasteiger partial charge is 0.339 e. The van der Waals surface area contributed by atoms with Gasteiger partial charge in [0.2, 0.25) is 5.89 Å². The normalized spacial score (nSPS) is 26.5. The Morgan fingerprint density at radius 1 is 1.43 bits per heavy atom. The average Bonchev–Trinajstić information content (AvgIpc) is 3.05. The molecule has 1 unspecified atom stereocenters. The van der Waals surface area contributed by atoms with E-state index < -0.39 is 10.0 Å². The summed E-state index contributed by atoms with van der Waals surface area (Å²) in [4.78, 5) is 4.55. The molecule has 2 aromatic rings. The van der Waals surface area contributed by atoms with Crippen molar-refractivity contribution in [1.29, 1.82) is 0 Å². The number of rotatable bonds is 4. The highest BCUT2D eigenvalue weighted by molar-refractivity contribution is 7.91. The lowest BCUT2D eigenvalue weighted by molar-refractivity contribution is 0.225. The highest BCUT2D eigenvalue weighted by Crippen LogP contribution is 2.41. The zero-order chi connectivity index (χ0) is 16.1. The summed E-state index contributed by atoms with van der Waals surface area (Å²) in [5.74, 6) is 1.76. The fraction of sp³-hybridized carbons (Fsp3) is 0.600. The third-order valence-electron chi connectivity index (χ3n) is 4.66. The van der Waals surface area contributed by atoms with E-state index in [0.29, 0.717) is 34.9 Å². The molecule has 0 radical (unpaired) electrons. The summed E-state index contributed by atoms with van der Waals surface area (Å²) < 4.78 is 32.9.